The molecule has 1 unspecified atom stereocenters. The molecule has 1 saturated heterocycles. The van der Waals surface area contributed by atoms with E-state index in [1.54, 1.807) is 24.3 Å². The largest absolute Gasteiger partial charge is 0.339 e. The molecule has 0 aliphatic carbocycles. The molecule has 3 rings (SSSR count). The molecule has 1 aliphatic rings. The molecule has 1 atom stereocenters. The number of hydrogen-bond acceptors (Lipinski definition) is 3. The van der Waals surface area contributed by atoms with Gasteiger partial charge in [0.1, 0.15) is 11.6 Å². The number of benzene rings is 2. The van der Waals surface area contributed by atoms with E-state index in [2.05, 4.69) is 44.5 Å². The third-order valence-electron chi connectivity index (χ3n) is 6.93. The highest BCUT2D eigenvalue weighted by molar-refractivity contribution is 5.85. The van der Waals surface area contributed by atoms with Crippen molar-refractivity contribution in [1.82, 2.24) is 14.7 Å². The lowest BCUT2D eigenvalue weighted by atomic mass is 9.96. The molecular weight excluding hydrogens is 515 g/mol. The Bertz CT molecular complexity index is 888. The predicted octanol–water partition coefficient (Wildman–Crippen LogP) is 6.43. The zero-order valence-electron chi connectivity index (χ0n) is 22.7. The van der Waals surface area contributed by atoms with Crippen molar-refractivity contribution in [2.75, 3.05) is 39.8 Å². The van der Waals surface area contributed by atoms with Crippen LogP contribution in [-0.2, 0) is 4.79 Å². The summed E-state index contributed by atoms with van der Waals surface area (Å²) in [5.41, 5.74) is 1.92. The van der Waals surface area contributed by atoms with Crippen molar-refractivity contribution in [3.63, 3.8) is 0 Å². The first-order valence-corrected chi connectivity index (χ1v) is 12.9. The molecule has 1 heterocycles. The van der Waals surface area contributed by atoms with Crippen molar-refractivity contribution in [1.29, 1.82) is 0 Å². The Kier molecular flexibility index (Phi) is 14.1. The van der Waals surface area contributed by atoms with Crippen LogP contribution in [0.2, 0.25) is 0 Å². The molecule has 1 amide bonds. The van der Waals surface area contributed by atoms with Crippen LogP contribution < -0.4 is 0 Å². The van der Waals surface area contributed by atoms with Crippen LogP contribution in [0.4, 0.5) is 8.78 Å². The average molecular weight is 559 g/mol. The van der Waals surface area contributed by atoms with Crippen LogP contribution in [0.1, 0.15) is 57.7 Å². The maximum atomic E-state index is 13.6. The quantitative estimate of drug-likeness (QED) is 0.336. The monoisotopic (exact) mass is 557 g/mol. The fraction of sp³-hybridized carbons (Fsp3) is 0.552. The zero-order chi connectivity index (χ0) is 25.5. The summed E-state index contributed by atoms with van der Waals surface area (Å²) < 4.78 is 27.2. The molecule has 0 N–H and O–H groups in total. The van der Waals surface area contributed by atoms with Crippen molar-refractivity contribution in [3.8, 4) is 0 Å². The van der Waals surface area contributed by atoms with E-state index in [1.807, 2.05) is 4.90 Å². The van der Waals surface area contributed by atoms with Gasteiger partial charge in [0.2, 0.25) is 5.91 Å². The van der Waals surface area contributed by atoms with Gasteiger partial charge in [0, 0.05) is 26.2 Å². The lowest BCUT2D eigenvalue weighted by Gasteiger charge is -2.42. The summed E-state index contributed by atoms with van der Waals surface area (Å²) in [6, 6.07) is 12.8. The summed E-state index contributed by atoms with van der Waals surface area (Å²) in [5, 5.41) is 0. The fourth-order valence-electron chi connectivity index (χ4n) is 4.85. The molecule has 2 aromatic carbocycles. The fourth-order valence-corrected chi connectivity index (χ4v) is 4.85. The van der Waals surface area contributed by atoms with Gasteiger partial charge < -0.3 is 4.90 Å². The maximum Gasteiger partial charge on any atom is 0.240 e. The topological polar surface area (TPSA) is 26.8 Å². The van der Waals surface area contributed by atoms with Crippen LogP contribution in [-0.4, -0.2) is 66.4 Å². The highest BCUT2D eigenvalue weighted by Crippen LogP contribution is 2.30. The summed E-state index contributed by atoms with van der Waals surface area (Å²) in [6.45, 7) is 12.4. The van der Waals surface area contributed by atoms with E-state index in [1.165, 1.54) is 24.3 Å². The number of nitrogens with zero attached hydrogens (tertiary/aromatic N) is 3. The van der Waals surface area contributed by atoms with Gasteiger partial charge in [-0.05, 0) is 73.7 Å². The maximum absolute atomic E-state index is 13.6. The van der Waals surface area contributed by atoms with Crippen molar-refractivity contribution in [3.05, 3.63) is 71.3 Å². The van der Waals surface area contributed by atoms with Crippen molar-refractivity contribution < 1.29 is 13.6 Å². The van der Waals surface area contributed by atoms with Gasteiger partial charge in [-0.1, -0.05) is 52.0 Å². The van der Waals surface area contributed by atoms with Crippen LogP contribution >= 0.6 is 24.8 Å². The molecule has 1 aliphatic heterocycles. The highest BCUT2D eigenvalue weighted by Gasteiger charge is 2.33. The smallest absolute Gasteiger partial charge is 0.240 e. The average Bonchev–Trinajstić information content (AvgIpc) is 2.83. The SMILES string of the molecule is CC(C)CCN(C)C(CC(C)C)C(=O)N1CCN(C(c2ccc(F)cc2)c2ccc(F)cc2)CC1.Cl.Cl. The summed E-state index contributed by atoms with van der Waals surface area (Å²) >= 11 is 0. The van der Waals surface area contributed by atoms with E-state index >= 15 is 0 Å². The summed E-state index contributed by atoms with van der Waals surface area (Å²) in [4.78, 5) is 20.1. The molecule has 2 aromatic rings. The zero-order valence-corrected chi connectivity index (χ0v) is 24.3. The van der Waals surface area contributed by atoms with Crippen LogP contribution in [0.5, 0.6) is 0 Å². The molecule has 0 aromatic heterocycles. The minimum atomic E-state index is -0.278. The molecule has 1 fully saturated rings. The second-order valence-electron chi connectivity index (χ2n) is 10.7. The van der Waals surface area contributed by atoms with Crippen LogP contribution in [0.15, 0.2) is 48.5 Å². The Morgan fingerprint density at radius 2 is 1.27 bits per heavy atom. The second kappa shape index (κ2) is 15.6. The predicted molar refractivity (Wildman–Crippen MR) is 153 cm³/mol. The van der Waals surface area contributed by atoms with E-state index in [9.17, 15) is 13.6 Å². The number of carbonyl (C=O) groups excluding carboxylic acids is 1. The van der Waals surface area contributed by atoms with Gasteiger partial charge in [0.25, 0.3) is 0 Å². The second-order valence-corrected chi connectivity index (χ2v) is 10.7. The summed E-state index contributed by atoms with van der Waals surface area (Å²) in [7, 11) is 2.07. The van der Waals surface area contributed by atoms with Crippen LogP contribution in [0.3, 0.4) is 0 Å². The lowest BCUT2D eigenvalue weighted by Crippen LogP contribution is -2.55. The van der Waals surface area contributed by atoms with Crippen molar-refractivity contribution in [2.24, 2.45) is 11.8 Å². The van der Waals surface area contributed by atoms with Gasteiger partial charge in [-0.15, -0.1) is 24.8 Å². The van der Waals surface area contributed by atoms with Crippen molar-refractivity contribution in [2.45, 2.75) is 52.6 Å². The minimum absolute atomic E-state index is 0. The number of rotatable bonds is 10. The minimum Gasteiger partial charge on any atom is -0.339 e. The molecule has 0 saturated carbocycles. The summed E-state index contributed by atoms with van der Waals surface area (Å²) in [5.74, 6) is 0.697. The van der Waals surface area contributed by atoms with Crippen molar-refractivity contribution >= 4 is 30.7 Å². The van der Waals surface area contributed by atoms with Gasteiger partial charge in [0.05, 0.1) is 12.1 Å². The Morgan fingerprint density at radius 3 is 1.68 bits per heavy atom. The molecule has 8 heteroatoms. The third kappa shape index (κ3) is 9.51. The number of halogens is 4. The van der Waals surface area contributed by atoms with Crippen LogP contribution in [0, 0.1) is 23.5 Å². The Morgan fingerprint density at radius 1 is 0.811 bits per heavy atom. The number of piperazine rings is 1. The van der Waals surface area contributed by atoms with Gasteiger partial charge in [-0.3, -0.25) is 14.6 Å². The van der Waals surface area contributed by atoms with E-state index in [0.717, 1.165) is 30.5 Å². The third-order valence-corrected chi connectivity index (χ3v) is 6.93. The number of likely N-dealkylation sites (N-methyl/N-ethyl adjacent to an activating group) is 1. The van der Waals surface area contributed by atoms with Gasteiger partial charge in [0.15, 0.2) is 0 Å². The van der Waals surface area contributed by atoms with E-state index < -0.39 is 0 Å². The molecular formula is C29H43Cl2F2N3O. The normalized spacial score (nSPS) is 15.2. The Labute approximate surface area is 234 Å². The Balaban J connectivity index is 0.00000342. The molecule has 37 heavy (non-hydrogen) atoms. The number of carbonyl (C=O) groups is 1. The van der Waals surface area contributed by atoms with E-state index in [-0.39, 0.29) is 54.4 Å². The molecule has 0 radical (unpaired) electrons. The summed E-state index contributed by atoms with van der Waals surface area (Å²) in [6.07, 6.45) is 1.92. The highest BCUT2D eigenvalue weighted by atomic mass is 35.5. The first-order valence-electron chi connectivity index (χ1n) is 12.9. The standard InChI is InChI=1S/C29H41F2N3O.2ClH/c1-21(2)14-15-32(5)27(20-22(3)4)29(35)34-18-16-33(17-19-34)28(23-6-10-25(30)11-7-23)24-8-12-26(31)13-9-24;;/h6-13,21-22,27-28H,14-20H2,1-5H3;2*1H. The van der Waals surface area contributed by atoms with E-state index in [0.29, 0.717) is 38.0 Å². The Hall–Kier alpha value is -1.73. The van der Waals surface area contributed by atoms with Gasteiger partial charge in [-0.25, -0.2) is 8.78 Å². The molecule has 208 valence electrons. The number of amides is 1. The lowest BCUT2D eigenvalue weighted by molar-refractivity contribution is -0.139. The van der Waals surface area contributed by atoms with Crippen LogP contribution in [0.25, 0.3) is 0 Å². The molecule has 0 spiro atoms. The first kappa shape index (κ1) is 33.3. The first-order chi connectivity index (χ1) is 16.7. The molecule has 0 bridgehead atoms. The van der Waals surface area contributed by atoms with Gasteiger partial charge >= 0.3 is 0 Å². The molecule has 4 nitrogen and oxygen atoms in total. The van der Waals surface area contributed by atoms with E-state index in [4.69, 9.17) is 0 Å². The van der Waals surface area contributed by atoms with Gasteiger partial charge in [-0.2, -0.15) is 0 Å². The number of hydrogen-bond donors (Lipinski definition) is 0.